The molecule has 2 unspecified atom stereocenters. The molecule has 2 atom stereocenters. The fraction of sp³-hybridized carbons (Fsp3) is 0.643. The van der Waals surface area contributed by atoms with E-state index in [1.54, 1.807) is 11.3 Å². The number of thiophene rings is 1. The van der Waals surface area contributed by atoms with Crippen molar-refractivity contribution in [2.45, 2.75) is 18.5 Å². The molecule has 1 aliphatic rings. The number of amides is 1. The van der Waals surface area contributed by atoms with Gasteiger partial charge >= 0.3 is 0 Å². The van der Waals surface area contributed by atoms with E-state index < -0.39 is 0 Å². The highest BCUT2D eigenvalue weighted by atomic mass is 32.1. The standard InChI is InChI=1S/C14H23N3O2S/c1-17(2)12(13-4-3-7-20-13)9-16-14(18)8-11-10-19-6-5-15-11/h3-4,7,11-12,15H,5-6,8-10H2,1-2H3,(H,16,18). The lowest BCUT2D eigenvalue weighted by molar-refractivity contribution is -0.122. The van der Waals surface area contributed by atoms with Crippen LogP contribution in [0, 0.1) is 0 Å². The first-order valence-electron chi connectivity index (χ1n) is 6.94. The second-order valence-electron chi connectivity index (χ2n) is 5.23. The highest BCUT2D eigenvalue weighted by Gasteiger charge is 2.19. The lowest BCUT2D eigenvalue weighted by atomic mass is 10.1. The third-order valence-electron chi connectivity index (χ3n) is 3.42. The van der Waals surface area contributed by atoms with Gasteiger partial charge in [0.15, 0.2) is 0 Å². The SMILES string of the molecule is CN(C)C(CNC(=O)CC1COCCN1)c1cccs1. The first-order valence-corrected chi connectivity index (χ1v) is 7.82. The highest BCUT2D eigenvalue weighted by molar-refractivity contribution is 7.10. The van der Waals surface area contributed by atoms with E-state index in [1.165, 1.54) is 4.88 Å². The van der Waals surface area contributed by atoms with Crippen LogP contribution in [-0.4, -0.2) is 57.2 Å². The van der Waals surface area contributed by atoms with Gasteiger partial charge < -0.3 is 20.3 Å². The molecule has 5 nitrogen and oxygen atoms in total. The monoisotopic (exact) mass is 297 g/mol. The number of morpholine rings is 1. The highest BCUT2D eigenvalue weighted by Crippen LogP contribution is 2.22. The topological polar surface area (TPSA) is 53.6 Å². The Morgan fingerprint density at radius 3 is 3.10 bits per heavy atom. The molecule has 0 bridgehead atoms. The molecule has 1 aromatic heterocycles. The third kappa shape index (κ3) is 4.56. The van der Waals surface area contributed by atoms with Crippen molar-refractivity contribution in [3.63, 3.8) is 0 Å². The predicted molar refractivity (Wildman–Crippen MR) is 81.0 cm³/mol. The van der Waals surface area contributed by atoms with Gasteiger partial charge in [0.1, 0.15) is 0 Å². The minimum Gasteiger partial charge on any atom is -0.378 e. The fourth-order valence-corrected chi connectivity index (χ4v) is 3.20. The van der Waals surface area contributed by atoms with E-state index in [2.05, 4.69) is 27.0 Å². The summed E-state index contributed by atoms with van der Waals surface area (Å²) in [6.45, 7) is 2.82. The number of ether oxygens (including phenoxy) is 1. The summed E-state index contributed by atoms with van der Waals surface area (Å²) >= 11 is 1.72. The van der Waals surface area contributed by atoms with Gasteiger partial charge in [-0.1, -0.05) is 6.07 Å². The Balaban J connectivity index is 1.78. The van der Waals surface area contributed by atoms with Gasteiger partial charge in [-0.15, -0.1) is 11.3 Å². The largest absolute Gasteiger partial charge is 0.378 e. The molecule has 1 amide bonds. The number of hydrogen-bond donors (Lipinski definition) is 2. The summed E-state index contributed by atoms with van der Waals surface area (Å²) in [7, 11) is 4.07. The minimum atomic E-state index is 0.0800. The normalized spacial score (nSPS) is 20.9. The Kier molecular flexibility index (Phi) is 5.97. The first-order chi connectivity index (χ1) is 9.66. The van der Waals surface area contributed by atoms with Crippen molar-refractivity contribution in [3.05, 3.63) is 22.4 Å². The van der Waals surface area contributed by atoms with Crippen molar-refractivity contribution >= 4 is 17.2 Å². The molecule has 112 valence electrons. The van der Waals surface area contributed by atoms with Gasteiger partial charge in [-0.2, -0.15) is 0 Å². The summed E-state index contributed by atoms with van der Waals surface area (Å²) in [5, 5.41) is 8.39. The van der Waals surface area contributed by atoms with E-state index in [1.807, 2.05) is 20.2 Å². The summed E-state index contributed by atoms with van der Waals surface area (Å²) < 4.78 is 5.36. The van der Waals surface area contributed by atoms with Crippen molar-refractivity contribution in [1.29, 1.82) is 0 Å². The number of nitrogens with one attached hydrogen (secondary N) is 2. The number of hydrogen-bond acceptors (Lipinski definition) is 5. The molecule has 0 aromatic carbocycles. The summed E-state index contributed by atoms with van der Waals surface area (Å²) in [6.07, 6.45) is 0.477. The zero-order chi connectivity index (χ0) is 14.4. The summed E-state index contributed by atoms with van der Waals surface area (Å²) in [6, 6.07) is 4.53. The van der Waals surface area contributed by atoms with E-state index in [-0.39, 0.29) is 18.0 Å². The Morgan fingerprint density at radius 1 is 1.65 bits per heavy atom. The first kappa shape index (κ1) is 15.4. The van der Waals surface area contributed by atoms with Crippen LogP contribution < -0.4 is 10.6 Å². The summed E-state index contributed by atoms with van der Waals surface area (Å²) in [5.74, 6) is 0.0800. The summed E-state index contributed by atoms with van der Waals surface area (Å²) in [5.41, 5.74) is 0. The number of nitrogens with zero attached hydrogens (tertiary/aromatic N) is 1. The number of carbonyl (C=O) groups excluding carboxylic acids is 1. The smallest absolute Gasteiger partial charge is 0.221 e. The average Bonchev–Trinajstić information content (AvgIpc) is 2.93. The maximum Gasteiger partial charge on any atom is 0.221 e. The zero-order valence-electron chi connectivity index (χ0n) is 12.1. The van der Waals surface area contributed by atoms with Gasteiger partial charge in [-0.25, -0.2) is 0 Å². The molecule has 1 fully saturated rings. The molecular weight excluding hydrogens is 274 g/mol. The van der Waals surface area contributed by atoms with Gasteiger partial charge in [-0.3, -0.25) is 4.79 Å². The van der Waals surface area contributed by atoms with Crippen LogP contribution in [0.15, 0.2) is 17.5 Å². The maximum atomic E-state index is 12.0. The van der Waals surface area contributed by atoms with E-state index in [0.29, 0.717) is 19.6 Å². The molecule has 6 heteroatoms. The molecule has 0 radical (unpaired) electrons. The Morgan fingerprint density at radius 2 is 2.50 bits per heavy atom. The second kappa shape index (κ2) is 7.73. The van der Waals surface area contributed by atoms with Crippen LogP contribution in [0.2, 0.25) is 0 Å². The van der Waals surface area contributed by atoms with Crippen LogP contribution in [-0.2, 0) is 9.53 Å². The Bertz CT molecular complexity index is 403. The average molecular weight is 297 g/mol. The second-order valence-corrected chi connectivity index (χ2v) is 6.21. The molecule has 0 saturated carbocycles. The van der Waals surface area contributed by atoms with Crippen LogP contribution in [0.4, 0.5) is 0 Å². The third-order valence-corrected chi connectivity index (χ3v) is 4.39. The van der Waals surface area contributed by atoms with Gasteiger partial charge in [0, 0.05) is 30.4 Å². The molecule has 0 aliphatic carbocycles. The van der Waals surface area contributed by atoms with Crippen LogP contribution in [0.1, 0.15) is 17.3 Å². The Hall–Kier alpha value is -0.950. The van der Waals surface area contributed by atoms with Crippen molar-refractivity contribution in [2.24, 2.45) is 0 Å². The molecular formula is C14H23N3O2S. The number of rotatable bonds is 6. The lowest BCUT2D eigenvalue weighted by Gasteiger charge is -2.25. The number of likely N-dealkylation sites (N-methyl/N-ethyl adjacent to an activating group) is 1. The summed E-state index contributed by atoms with van der Waals surface area (Å²) in [4.78, 5) is 15.4. The molecule has 2 rings (SSSR count). The predicted octanol–water partition coefficient (Wildman–Crippen LogP) is 0.846. The molecule has 1 aromatic rings. The quantitative estimate of drug-likeness (QED) is 0.817. The zero-order valence-corrected chi connectivity index (χ0v) is 12.9. The maximum absolute atomic E-state index is 12.0. The fourth-order valence-electron chi connectivity index (χ4n) is 2.28. The number of carbonyl (C=O) groups is 1. The van der Waals surface area contributed by atoms with E-state index >= 15 is 0 Å². The van der Waals surface area contributed by atoms with Gasteiger partial charge in [0.05, 0.1) is 19.3 Å². The van der Waals surface area contributed by atoms with Crippen LogP contribution in [0.25, 0.3) is 0 Å². The van der Waals surface area contributed by atoms with Crippen LogP contribution in [0.5, 0.6) is 0 Å². The minimum absolute atomic E-state index is 0.0800. The Labute approximate surface area is 124 Å². The van der Waals surface area contributed by atoms with Crippen molar-refractivity contribution in [1.82, 2.24) is 15.5 Å². The lowest BCUT2D eigenvalue weighted by Crippen LogP contribution is -2.45. The molecule has 2 N–H and O–H groups in total. The molecule has 1 saturated heterocycles. The molecule has 20 heavy (non-hydrogen) atoms. The van der Waals surface area contributed by atoms with Crippen LogP contribution >= 0.6 is 11.3 Å². The van der Waals surface area contributed by atoms with Crippen molar-refractivity contribution in [2.75, 3.05) is 40.4 Å². The van der Waals surface area contributed by atoms with Gasteiger partial charge in [-0.05, 0) is 25.5 Å². The van der Waals surface area contributed by atoms with Crippen molar-refractivity contribution in [3.8, 4) is 0 Å². The molecule has 2 heterocycles. The van der Waals surface area contributed by atoms with E-state index in [9.17, 15) is 4.79 Å². The molecule has 0 spiro atoms. The molecule has 1 aliphatic heterocycles. The van der Waals surface area contributed by atoms with Crippen molar-refractivity contribution < 1.29 is 9.53 Å². The van der Waals surface area contributed by atoms with E-state index in [4.69, 9.17) is 4.74 Å². The van der Waals surface area contributed by atoms with Gasteiger partial charge in [0.2, 0.25) is 5.91 Å². The van der Waals surface area contributed by atoms with E-state index in [0.717, 1.165) is 13.2 Å². The van der Waals surface area contributed by atoms with Gasteiger partial charge in [0.25, 0.3) is 0 Å². The van der Waals surface area contributed by atoms with Crippen LogP contribution in [0.3, 0.4) is 0 Å².